The summed E-state index contributed by atoms with van der Waals surface area (Å²) in [4.78, 5) is 22.0. The molecule has 0 saturated carbocycles. The Labute approximate surface area is 241 Å². The molecule has 2 aliphatic rings. The maximum absolute atomic E-state index is 12.9. The highest BCUT2D eigenvalue weighted by molar-refractivity contribution is 9.10. The number of para-hydroxylation sites is 1. The minimum absolute atomic E-state index is 0.166. The zero-order valence-corrected chi connectivity index (χ0v) is 23.6. The second kappa shape index (κ2) is 9.69. The van der Waals surface area contributed by atoms with E-state index < -0.39 is 5.91 Å². The molecule has 1 atom stereocenters. The highest BCUT2D eigenvalue weighted by Gasteiger charge is 2.34. The summed E-state index contributed by atoms with van der Waals surface area (Å²) in [6.07, 6.45) is 0.640. The first-order valence-corrected chi connectivity index (χ1v) is 14.2. The van der Waals surface area contributed by atoms with Crippen LogP contribution < -0.4 is 20.3 Å². The number of nitrogens with zero attached hydrogens (tertiary/aromatic N) is 4. The molecule has 196 valence electrons. The number of carbonyl (C=O) groups is 1. The Morgan fingerprint density at radius 2 is 1.80 bits per heavy atom. The molecule has 1 N–H and O–H groups in total. The standard InChI is InChI=1S/C31H21BrN4O3S/c1-39-21-13-11-18(12-14-21)25-16-24(20-10-9-17-5-2-3-6-19(17)15-20)35-36(25)31-34-30(38)28(40-31)26-22-7-4-8-23(32)27(22)33-29(26)37/h2-15,25,38H,16H2,1H3. The molecule has 0 saturated heterocycles. The Morgan fingerprint density at radius 1 is 1.00 bits per heavy atom. The van der Waals surface area contributed by atoms with Crippen LogP contribution in [0.2, 0.25) is 0 Å². The molecule has 0 fully saturated rings. The Hall–Kier alpha value is -4.34. The summed E-state index contributed by atoms with van der Waals surface area (Å²) in [5, 5.41) is 21.9. The number of fused-ring (bicyclic) bond motifs is 2. The van der Waals surface area contributed by atoms with E-state index in [1.807, 2.05) is 59.6 Å². The van der Waals surface area contributed by atoms with Crippen molar-refractivity contribution in [2.45, 2.75) is 12.5 Å². The fraction of sp³-hybridized carbons (Fsp3) is 0.0968. The van der Waals surface area contributed by atoms with Gasteiger partial charge in [0.1, 0.15) is 10.6 Å². The van der Waals surface area contributed by atoms with E-state index in [2.05, 4.69) is 56.2 Å². The molecule has 7 nitrogen and oxygen atoms in total. The predicted molar refractivity (Wildman–Crippen MR) is 160 cm³/mol. The van der Waals surface area contributed by atoms with Gasteiger partial charge in [0.2, 0.25) is 11.0 Å². The number of anilines is 1. The van der Waals surface area contributed by atoms with Crippen LogP contribution in [0.5, 0.6) is 11.6 Å². The van der Waals surface area contributed by atoms with Crippen molar-refractivity contribution in [3.8, 4) is 11.6 Å². The van der Waals surface area contributed by atoms with E-state index in [0.717, 1.165) is 32.4 Å². The maximum atomic E-state index is 12.9. The van der Waals surface area contributed by atoms with Crippen molar-refractivity contribution in [1.82, 2.24) is 4.98 Å². The summed E-state index contributed by atoms with van der Waals surface area (Å²) in [5.74, 6) is 0.151. The highest BCUT2D eigenvalue weighted by Crippen LogP contribution is 2.43. The van der Waals surface area contributed by atoms with Crippen LogP contribution in [0.25, 0.3) is 16.3 Å². The zero-order valence-electron chi connectivity index (χ0n) is 21.2. The molecular weight excluding hydrogens is 588 g/mol. The summed E-state index contributed by atoms with van der Waals surface area (Å²) >= 11 is 4.70. The molecule has 0 aliphatic carbocycles. The smallest absolute Gasteiger partial charge is 0.279 e. The van der Waals surface area contributed by atoms with Crippen LogP contribution in [0.3, 0.4) is 0 Å². The van der Waals surface area contributed by atoms with Gasteiger partial charge < -0.3 is 9.84 Å². The Balaban J connectivity index is 1.35. The lowest BCUT2D eigenvalue weighted by atomic mass is 9.97. The number of thiazole rings is 1. The van der Waals surface area contributed by atoms with Crippen molar-refractivity contribution < 1.29 is 14.6 Å². The molecule has 1 amide bonds. The normalized spacial score (nSPS) is 16.3. The Bertz CT molecular complexity index is 1980. The summed E-state index contributed by atoms with van der Waals surface area (Å²) in [7, 11) is 1.64. The number of aromatic hydroxyl groups is 1. The first-order chi connectivity index (χ1) is 19.5. The number of amides is 1. The summed E-state index contributed by atoms with van der Waals surface area (Å²) in [6.45, 7) is 0. The number of hydrazone groups is 1. The van der Waals surface area contributed by atoms with Crippen LogP contribution in [0, 0.1) is 0 Å². The van der Waals surface area contributed by atoms with Gasteiger partial charge in [-0.1, -0.05) is 72.0 Å². The Kier molecular flexibility index (Phi) is 5.98. The molecule has 0 bridgehead atoms. The second-order valence-electron chi connectivity index (χ2n) is 9.52. The van der Waals surface area contributed by atoms with Gasteiger partial charge in [-0.25, -0.2) is 10.0 Å². The summed E-state index contributed by atoms with van der Waals surface area (Å²) in [5.41, 5.74) is 3.32. The molecule has 1 aromatic heterocycles. The fourth-order valence-corrected chi connectivity index (χ4v) is 6.67. The summed E-state index contributed by atoms with van der Waals surface area (Å²) in [6, 6.07) is 27.8. The lowest BCUT2D eigenvalue weighted by Crippen LogP contribution is -2.24. The number of halogens is 1. The monoisotopic (exact) mass is 608 g/mol. The first kappa shape index (κ1) is 24.7. The fourth-order valence-electron chi connectivity index (χ4n) is 5.20. The molecule has 1 unspecified atom stereocenters. The third-order valence-corrected chi connectivity index (χ3v) is 8.89. The van der Waals surface area contributed by atoms with Crippen LogP contribution >= 0.6 is 27.3 Å². The third-order valence-electron chi connectivity index (χ3n) is 7.20. The van der Waals surface area contributed by atoms with Gasteiger partial charge in [0.25, 0.3) is 5.91 Å². The topological polar surface area (TPSA) is 87.4 Å². The molecule has 7 rings (SSSR count). The van der Waals surface area contributed by atoms with Gasteiger partial charge >= 0.3 is 0 Å². The van der Waals surface area contributed by atoms with E-state index >= 15 is 0 Å². The van der Waals surface area contributed by atoms with Gasteiger partial charge in [-0.15, -0.1) is 0 Å². The van der Waals surface area contributed by atoms with Crippen molar-refractivity contribution in [2.75, 3.05) is 12.1 Å². The first-order valence-electron chi connectivity index (χ1n) is 12.6. The lowest BCUT2D eigenvalue weighted by Gasteiger charge is -2.21. The largest absolute Gasteiger partial charge is 0.497 e. The molecule has 5 aromatic rings. The van der Waals surface area contributed by atoms with Gasteiger partial charge in [-0.2, -0.15) is 10.1 Å². The molecule has 4 aromatic carbocycles. The highest BCUT2D eigenvalue weighted by atomic mass is 79.9. The summed E-state index contributed by atoms with van der Waals surface area (Å²) < 4.78 is 6.09. The van der Waals surface area contributed by atoms with Gasteiger partial charge in [-0.3, -0.25) is 4.79 Å². The number of rotatable bonds is 5. The van der Waals surface area contributed by atoms with Gasteiger partial charge in [-0.05, 0) is 62.1 Å². The number of carbonyl (C=O) groups excluding carboxylic acids is 1. The molecule has 3 heterocycles. The number of ether oxygens (including phenoxy) is 1. The number of aromatic nitrogens is 1. The van der Waals surface area contributed by atoms with Crippen molar-refractivity contribution in [2.24, 2.45) is 10.1 Å². The lowest BCUT2D eigenvalue weighted by molar-refractivity contribution is -0.112. The molecular formula is C31H21BrN4O3S. The van der Waals surface area contributed by atoms with Crippen molar-refractivity contribution in [3.05, 3.63) is 116 Å². The molecule has 0 spiro atoms. The number of hydrogen-bond acceptors (Lipinski definition) is 7. The van der Waals surface area contributed by atoms with E-state index in [0.29, 0.717) is 32.6 Å². The van der Waals surface area contributed by atoms with Crippen LogP contribution in [-0.2, 0) is 4.79 Å². The number of hydrogen-bond donors (Lipinski definition) is 1. The van der Waals surface area contributed by atoms with Crippen molar-refractivity contribution in [3.63, 3.8) is 0 Å². The third kappa shape index (κ3) is 4.09. The predicted octanol–water partition coefficient (Wildman–Crippen LogP) is 5.49. The average Bonchev–Trinajstić information content (AvgIpc) is 3.68. The second-order valence-corrected chi connectivity index (χ2v) is 11.4. The average molecular weight is 610 g/mol. The van der Waals surface area contributed by atoms with Gasteiger partial charge in [0.15, 0.2) is 0 Å². The van der Waals surface area contributed by atoms with Crippen LogP contribution in [0.15, 0.2) is 99.5 Å². The maximum Gasteiger partial charge on any atom is 0.279 e. The Morgan fingerprint density at radius 3 is 2.60 bits per heavy atom. The number of benzene rings is 4. The van der Waals surface area contributed by atoms with E-state index in [1.54, 1.807) is 7.11 Å². The van der Waals surface area contributed by atoms with Crippen LogP contribution in [0.1, 0.15) is 28.5 Å². The van der Waals surface area contributed by atoms with Crippen LogP contribution in [-0.4, -0.2) is 28.8 Å². The molecule has 40 heavy (non-hydrogen) atoms. The minimum atomic E-state index is -0.402. The quantitative estimate of drug-likeness (QED) is 0.285. The van der Waals surface area contributed by atoms with Gasteiger partial charge in [0, 0.05) is 16.1 Å². The molecule has 2 aliphatic heterocycles. The zero-order chi connectivity index (χ0) is 27.4. The van der Waals surface area contributed by atoms with E-state index in [1.165, 1.54) is 16.7 Å². The van der Waals surface area contributed by atoms with E-state index in [9.17, 15) is 9.90 Å². The molecule has 9 heteroatoms. The SMILES string of the molecule is COc1ccc(C2CC(c3ccc4ccccc4c3)=NN2c2nc(O)c(C3=c4cccc(Br)c4=NC3=O)s2)cc1. The molecule has 0 radical (unpaired) electrons. The van der Waals surface area contributed by atoms with Crippen molar-refractivity contribution in [1.29, 1.82) is 0 Å². The van der Waals surface area contributed by atoms with Crippen LogP contribution in [0.4, 0.5) is 5.13 Å². The number of methoxy groups -OCH3 is 1. The van der Waals surface area contributed by atoms with Gasteiger partial charge in [0.05, 0.1) is 29.8 Å². The minimum Gasteiger partial charge on any atom is -0.497 e. The van der Waals surface area contributed by atoms with E-state index in [4.69, 9.17) is 9.84 Å². The van der Waals surface area contributed by atoms with E-state index in [-0.39, 0.29) is 11.9 Å². The van der Waals surface area contributed by atoms with Crippen molar-refractivity contribution >= 4 is 60.4 Å².